The number of rotatable bonds is 5. The fraction of sp³-hybridized carbons (Fsp3) is 0.500. The highest BCUT2D eigenvalue weighted by molar-refractivity contribution is 6.30. The van der Waals surface area contributed by atoms with Crippen molar-refractivity contribution in [1.29, 1.82) is 0 Å². The van der Waals surface area contributed by atoms with E-state index in [0.29, 0.717) is 10.7 Å². The topological polar surface area (TPSA) is 50.4 Å². The predicted molar refractivity (Wildman–Crippen MR) is 76.5 cm³/mol. The van der Waals surface area contributed by atoms with E-state index in [9.17, 15) is 4.79 Å². The first kappa shape index (κ1) is 14.3. The van der Waals surface area contributed by atoms with Gasteiger partial charge in [-0.3, -0.25) is 4.79 Å². The van der Waals surface area contributed by atoms with E-state index in [-0.39, 0.29) is 18.6 Å². The number of hydrogen-bond donors (Lipinski definition) is 2. The van der Waals surface area contributed by atoms with E-state index >= 15 is 0 Å². The molecule has 0 aliphatic carbocycles. The summed E-state index contributed by atoms with van der Waals surface area (Å²) < 4.78 is 5.58. The van der Waals surface area contributed by atoms with Gasteiger partial charge in [0.1, 0.15) is 0 Å². The molecule has 0 bridgehead atoms. The van der Waals surface area contributed by atoms with Crippen LogP contribution in [0.5, 0.6) is 0 Å². The number of carbonyl (C=O) groups is 1. The van der Waals surface area contributed by atoms with Crippen molar-refractivity contribution in [2.24, 2.45) is 0 Å². The monoisotopic (exact) mass is 282 g/mol. The Morgan fingerprint density at radius 1 is 1.42 bits per heavy atom. The smallest absolute Gasteiger partial charge is 0.238 e. The first-order chi connectivity index (χ1) is 9.24. The molecule has 1 amide bonds. The first-order valence-corrected chi connectivity index (χ1v) is 6.99. The van der Waals surface area contributed by atoms with E-state index in [1.54, 1.807) is 18.2 Å². The van der Waals surface area contributed by atoms with Crippen molar-refractivity contribution in [1.82, 2.24) is 5.32 Å². The summed E-state index contributed by atoms with van der Waals surface area (Å²) in [7, 11) is 0. The number of carbonyl (C=O) groups excluding carboxylic acids is 1. The van der Waals surface area contributed by atoms with Gasteiger partial charge in [-0.05, 0) is 37.5 Å². The van der Waals surface area contributed by atoms with E-state index < -0.39 is 0 Å². The second-order valence-corrected chi connectivity index (χ2v) is 5.11. The van der Waals surface area contributed by atoms with Gasteiger partial charge in [-0.25, -0.2) is 0 Å². The molecule has 1 heterocycles. The molecule has 1 atom stereocenters. The summed E-state index contributed by atoms with van der Waals surface area (Å²) in [6.45, 7) is 1.84. The van der Waals surface area contributed by atoms with Crippen LogP contribution in [0, 0.1) is 0 Å². The number of anilines is 1. The van der Waals surface area contributed by atoms with Crippen molar-refractivity contribution in [2.75, 3.05) is 25.0 Å². The average Bonchev–Trinajstić information content (AvgIpc) is 2.40. The summed E-state index contributed by atoms with van der Waals surface area (Å²) in [6, 6.07) is 7.12. The second-order valence-electron chi connectivity index (χ2n) is 4.68. The molecule has 104 valence electrons. The van der Waals surface area contributed by atoms with Crippen molar-refractivity contribution in [3.8, 4) is 0 Å². The van der Waals surface area contributed by atoms with Crippen molar-refractivity contribution in [3.63, 3.8) is 0 Å². The minimum atomic E-state index is -0.0712. The fourth-order valence-corrected chi connectivity index (χ4v) is 2.28. The summed E-state index contributed by atoms with van der Waals surface area (Å²) in [5.41, 5.74) is 0.716. The van der Waals surface area contributed by atoms with Gasteiger partial charge in [0.2, 0.25) is 5.91 Å². The first-order valence-electron chi connectivity index (χ1n) is 6.62. The van der Waals surface area contributed by atoms with Crippen LogP contribution >= 0.6 is 11.6 Å². The maximum absolute atomic E-state index is 11.7. The molecule has 1 fully saturated rings. The maximum atomic E-state index is 11.7. The molecule has 1 aliphatic rings. The Morgan fingerprint density at radius 3 is 3.05 bits per heavy atom. The van der Waals surface area contributed by atoms with E-state index in [1.165, 1.54) is 6.42 Å². The van der Waals surface area contributed by atoms with Gasteiger partial charge in [-0.2, -0.15) is 0 Å². The van der Waals surface area contributed by atoms with E-state index in [4.69, 9.17) is 16.3 Å². The van der Waals surface area contributed by atoms with Gasteiger partial charge in [-0.15, -0.1) is 0 Å². The highest BCUT2D eigenvalue weighted by atomic mass is 35.5. The predicted octanol–water partition coefficient (Wildman–Crippen LogP) is 2.44. The molecule has 5 heteroatoms. The van der Waals surface area contributed by atoms with Gasteiger partial charge in [0.15, 0.2) is 0 Å². The Bertz CT molecular complexity index is 420. The van der Waals surface area contributed by atoms with Crippen molar-refractivity contribution in [3.05, 3.63) is 29.3 Å². The van der Waals surface area contributed by atoms with Crippen molar-refractivity contribution >= 4 is 23.2 Å². The normalized spacial score (nSPS) is 19.1. The number of nitrogens with one attached hydrogen (secondary N) is 2. The molecular weight excluding hydrogens is 264 g/mol. The number of hydrogen-bond acceptors (Lipinski definition) is 3. The third kappa shape index (κ3) is 5.19. The van der Waals surface area contributed by atoms with Crippen LogP contribution in [0.15, 0.2) is 24.3 Å². The van der Waals surface area contributed by atoms with Gasteiger partial charge in [-0.1, -0.05) is 17.7 Å². The summed E-state index contributed by atoms with van der Waals surface area (Å²) in [6.07, 6.45) is 3.67. The highest BCUT2D eigenvalue weighted by Gasteiger charge is 2.13. The molecule has 0 aromatic heterocycles. The summed E-state index contributed by atoms with van der Waals surface area (Å²) in [4.78, 5) is 11.7. The van der Waals surface area contributed by atoms with Crippen LogP contribution in [0.3, 0.4) is 0 Å². The Kier molecular flexibility index (Phi) is 5.63. The zero-order chi connectivity index (χ0) is 13.5. The molecule has 0 radical (unpaired) electrons. The summed E-state index contributed by atoms with van der Waals surface area (Å²) >= 11 is 5.85. The third-order valence-corrected chi connectivity index (χ3v) is 3.28. The maximum Gasteiger partial charge on any atom is 0.238 e. The van der Waals surface area contributed by atoms with E-state index in [0.717, 1.165) is 26.0 Å². The molecule has 1 saturated heterocycles. The third-order valence-electron chi connectivity index (χ3n) is 3.04. The van der Waals surface area contributed by atoms with Gasteiger partial charge >= 0.3 is 0 Å². The van der Waals surface area contributed by atoms with Crippen molar-refractivity contribution in [2.45, 2.75) is 25.4 Å². The minimum Gasteiger partial charge on any atom is -0.377 e. The zero-order valence-corrected chi connectivity index (χ0v) is 11.6. The Hall–Kier alpha value is -1.10. The van der Waals surface area contributed by atoms with Gasteiger partial charge in [0, 0.05) is 23.9 Å². The Morgan fingerprint density at radius 2 is 2.32 bits per heavy atom. The second kappa shape index (κ2) is 7.48. The van der Waals surface area contributed by atoms with Crippen LogP contribution < -0.4 is 10.6 Å². The molecule has 1 aromatic rings. The van der Waals surface area contributed by atoms with Crippen LogP contribution in [0.4, 0.5) is 5.69 Å². The SMILES string of the molecule is O=C(CNCC1CCCCO1)Nc1cccc(Cl)c1. The number of ether oxygens (including phenoxy) is 1. The molecule has 1 aromatic carbocycles. The molecule has 2 N–H and O–H groups in total. The molecule has 4 nitrogen and oxygen atoms in total. The van der Waals surface area contributed by atoms with Gasteiger partial charge in [0.05, 0.1) is 12.6 Å². The minimum absolute atomic E-state index is 0.0712. The molecule has 1 aliphatic heterocycles. The highest BCUT2D eigenvalue weighted by Crippen LogP contribution is 2.14. The number of amides is 1. The lowest BCUT2D eigenvalue weighted by Gasteiger charge is -2.22. The number of benzene rings is 1. The largest absolute Gasteiger partial charge is 0.377 e. The van der Waals surface area contributed by atoms with Crippen LogP contribution in [0.25, 0.3) is 0 Å². The molecule has 0 saturated carbocycles. The standard InChI is InChI=1S/C14H19ClN2O2/c15-11-4-3-5-12(8-11)17-14(18)10-16-9-13-6-1-2-7-19-13/h3-5,8,13,16H,1-2,6-7,9-10H2,(H,17,18). The van der Waals surface area contributed by atoms with Crippen LogP contribution in [0.2, 0.25) is 5.02 Å². The Labute approximate surface area is 118 Å². The van der Waals surface area contributed by atoms with Crippen LogP contribution in [0.1, 0.15) is 19.3 Å². The Balaban J connectivity index is 1.67. The molecule has 2 rings (SSSR count). The molecule has 0 spiro atoms. The van der Waals surface area contributed by atoms with E-state index in [2.05, 4.69) is 10.6 Å². The fourth-order valence-electron chi connectivity index (χ4n) is 2.09. The lowest BCUT2D eigenvalue weighted by atomic mass is 10.1. The van der Waals surface area contributed by atoms with Crippen molar-refractivity contribution < 1.29 is 9.53 Å². The molecule has 1 unspecified atom stereocenters. The summed E-state index contributed by atoms with van der Waals surface area (Å²) in [5.74, 6) is -0.0712. The quantitative estimate of drug-likeness (QED) is 0.872. The average molecular weight is 283 g/mol. The lowest BCUT2D eigenvalue weighted by molar-refractivity contribution is -0.115. The van der Waals surface area contributed by atoms with Gasteiger partial charge < -0.3 is 15.4 Å². The summed E-state index contributed by atoms with van der Waals surface area (Å²) in [5, 5.41) is 6.53. The number of halogens is 1. The van der Waals surface area contributed by atoms with E-state index in [1.807, 2.05) is 6.07 Å². The zero-order valence-electron chi connectivity index (χ0n) is 10.8. The van der Waals surface area contributed by atoms with Crippen LogP contribution in [-0.4, -0.2) is 31.7 Å². The molecule has 19 heavy (non-hydrogen) atoms. The molecular formula is C14H19ClN2O2. The lowest BCUT2D eigenvalue weighted by Crippen LogP contribution is -2.36. The van der Waals surface area contributed by atoms with Crippen LogP contribution in [-0.2, 0) is 9.53 Å². The van der Waals surface area contributed by atoms with Gasteiger partial charge in [0.25, 0.3) is 0 Å².